The second-order valence-electron chi connectivity index (χ2n) is 7.06. The molecule has 1 aliphatic rings. The average molecular weight is 533 g/mol. The van der Waals surface area contributed by atoms with Gasteiger partial charge in [-0.15, -0.1) is 0 Å². The van der Waals surface area contributed by atoms with Gasteiger partial charge in [-0.3, -0.25) is 0 Å². The van der Waals surface area contributed by atoms with Gasteiger partial charge in [-0.05, 0) is 33.9 Å². The van der Waals surface area contributed by atoms with Crippen molar-refractivity contribution in [2.45, 2.75) is 0 Å². The molecule has 4 heteroatoms. The van der Waals surface area contributed by atoms with Crippen LogP contribution in [0, 0.1) is 0 Å². The topological polar surface area (TPSA) is 25.8 Å². The van der Waals surface area contributed by atoms with E-state index < -0.39 is 0 Å². The molecule has 4 aromatic rings. The molecule has 0 spiro atoms. The van der Waals surface area contributed by atoms with Crippen LogP contribution in [0.25, 0.3) is 28.2 Å². The summed E-state index contributed by atoms with van der Waals surface area (Å²) in [5.41, 5.74) is 6.28. The van der Waals surface area contributed by atoms with Crippen LogP contribution in [0.3, 0.4) is 0 Å². The number of hydrogen-bond acceptors (Lipinski definition) is 2. The normalized spacial score (nSPS) is 13.2. The molecular weight excluding hydrogens is 515 g/mol. The smallest absolute Gasteiger partial charge is 0.160 e. The van der Waals surface area contributed by atoms with Crippen molar-refractivity contribution in [2.24, 2.45) is 0 Å². The molecule has 5 rings (SSSR count). The maximum Gasteiger partial charge on any atom is 0.160 e. The van der Waals surface area contributed by atoms with Gasteiger partial charge in [0.15, 0.2) is 5.82 Å². The van der Waals surface area contributed by atoms with Crippen molar-refractivity contribution < 1.29 is 0 Å². The highest BCUT2D eigenvalue weighted by Gasteiger charge is 2.13. The minimum atomic E-state index is -0.245. The first kappa shape index (κ1) is 20.0. The molecule has 2 heterocycles. The third kappa shape index (κ3) is 4.58. The van der Waals surface area contributed by atoms with E-state index in [0.717, 1.165) is 28.1 Å². The van der Waals surface area contributed by atoms with Gasteiger partial charge in [-0.2, -0.15) is 0 Å². The summed E-state index contributed by atoms with van der Waals surface area (Å²) in [7, 11) is 0. The average Bonchev–Trinajstić information content (AvgIpc) is 2.85. The first-order chi connectivity index (χ1) is 15.3. The Kier molecular flexibility index (Phi) is 5.87. The Balaban J connectivity index is 1.60. The Morgan fingerprint density at radius 3 is 1.97 bits per heavy atom. The van der Waals surface area contributed by atoms with Crippen molar-refractivity contribution in [3.05, 3.63) is 124 Å². The molecule has 150 valence electrons. The molecule has 3 aromatic carbocycles. The Morgan fingerprint density at radius 1 is 0.613 bits per heavy atom. The summed E-state index contributed by atoms with van der Waals surface area (Å²) in [6, 6.07) is 30.6. The third-order valence-corrected chi connectivity index (χ3v) is 7.79. The zero-order chi connectivity index (χ0) is 21.0. The van der Waals surface area contributed by atoms with Crippen molar-refractivity contribution in [3.63, 3.8) is 0 Å². The van der Waals surface area contributed by atoms with Crippen molar-refractivity contribution in [3.8, 4) is 22.6 Å². The molecule has 0 saturated heterocycles. The first-order valence-electron chi connectivity index (χ1n) is 9.91. The zero-order valence-electron chi connectivity index (χ0n) is 16.5. The first-order valence-corrected chi connectivity index (χ1v) is 12.6. The van der Waals surface area contributed by atoms with E-state index in [1.165, 1.54) is 9.07 Å². The fourth-order valence-electron chi connectivity index (χ4n) is 3.36. The summed E-state index contributed by atoms with van der Waals surface area (Å²) in [5, 5.41) is 0.678. The van der Waals surface area contributed by atoms with Crippen LogP contribution in [-0.2, 0) is 0 Å². The zero-order valence-corrected chi connectivity index (χ0v) is 19.5. The molecule has 1 aromatic heterocycles. The van der Waals surface area contributed by atoms with Gasteiger partial charge >= 0.3 is 0 Å². The Labute approximate surface area is 196 Å². The van der Waals surface area contributed by atoms with E-state index in [2.05, 4.69) is 64.8 Å². The lowest BCUT2D eigenvalue weighted by molar-refractivity contribution is 1.16. The number of hydrogen-bond donors (Lipinski definition) is 0. The molecule has 0 atom stereocenters. The largest absolute Gasteiger partial charge is 0.228 e. The molecular formula is C27H18ClIN2. The molecule has 31 heavy (non-hydrogen) atoms. The molecule has 2 nitrogen and oxygen atoms in total. The minimum Gasteiger partial charge on any atom is -0.228 e. The fraction of sp³-hybridized carbons (Fsp3) is 0. The maximum atomic E-state index is 6.24. The molecule has 0 unspecified atom stereocenters. The van der Waals surface area contributed by atoms with Crippen molar-refractivity contribution in [1.82, 2.24) is 9.97 Å². The summed E-state index contributed by atoms with van der Waals surface area (Å²) in [4.78, 5) is 9.77. The van der Waals surface area contributed by atoms with Crippen LogP contribution in [-0.4, -0.2) is 13.5 Å². The summed E-state index contributed by atoms with van der Waals surface area (Å²) >= 11 is 5.99. The number of benzene rings is 3. The van der Waals surface area contributed by atoms with Crippen LogP contribution in [0.5, 0.6) is 0 Å². The van der Waals surface area contributed by atoms with E-state index in [-0.39, 0.29) is 20.7 Å². The van der Waals surface area contributed by atoms with Crippen molar-refractivity contribution in [1.29, 1.82) is 0 Å². The number of allylic oxidation sites excluding steroid dienone is 3. The van der Waals surface area contributed by atoms with E-state index in [1.807, 2.05) is 42.5 Å². The standard InChI is InChI=1S/C27H18ClIN2/c28-23-13-7-12-21(16-23)27-30-25(20-10-5-2-6-11-20)17-26(31-27)22-14-15-24(29-18-22)19-8-3-1-4-9-19/h1-18H. The summed E-state index contributed by atoms with van der Waals surface area (Å²) in [6.45, 7) is 0. The lowest BCUT2D eigenvalue weighted by Crippen LogP contribution is -2.00. The van der Waals surface area contributed by atoms with Crippen LogP contribution < -0.4 is 0 Å². The lowest BCUT2D eigenvalue weighted by Gasteiger charge is -2.12. The van der Waals surface area contributed by atoms with E-state index >= 15 is 0 Å². The van der Waals surface area contributed by atoms with E-state index in [0.29, 0.717) is 10.8 Å². The highest BCUT2D eigenvalue weighted by atomic mass is 127. The minimum absolute atomic E-state index is 0.245. The molecule has 0 N–H and O–H groups in total. The van der Waals surface area contributed by atoms with E-state index in [9.17, 15) is 0 Å². The van der Waals surface area contributed by atoms with E-state index in [4.69, 9.17) is 21.6 Å². The van der Waals surface area contributed by atoms with Gasteiger partial charge in [-0.25, -0.2) is 9.97 Å². The molecule has 0 bridgehead atoms. The molecule has 0 saturated carbocycles. The van der Waals surface area contributed by atoms with Crippen LogP contribution in [0.4, 0.5) is 0 Å². The summed E-state index contributed by atoms with van der Waals surface area (Å²) in [6.07, 6.45) is 4.41. The fourth-order valence-corrected chi connectivity index (χ4v) is 5.85. The van der Waals surface area contributed by atoms with Crippen LogP contribution in [0.2, 0.25) is 5.02 Å². The Bertz CT molecular complexity index is 1330. The molecule has 0 aliphatic carbocycles. The van der Waals surface area contributed by atoms with Gasteiger partial charge in [0.05, 0.1) is 11.4 Å². The predicted octanol–water partition coefficient (Wildman–Crippen LogP) is 7.57. The molecule has 0 radical (unpaired) electrons. The van der Waals surface area contributed by atoms with Gasteiger partial charge in [0.2, 0.25) is 0 Å². The molecule has 0 fully saturated rings. The monoisotopic (exact) mass is 532 g/mol. The molecule has 0 amide bonds. The van der Waals surface area contributed by atoms with Crippen molar-refractivity contribution >= 4 is 41.4 Å². The van der Waals surface area contributed by atoms with Gasteiger partial charge in [0, 0.05) is 25.2 Å². The quantitative estimate of drug-likeness (QED) is 0.253. The third-order valence-electron chi connectivity index (χ3n) is 4.92. The molecule has 1 aliphatic heterocycles. The van der Waals surface area contributed by atoms with Crippen LogP contribution >= 0.6 is 32.3 Å². The van der Waals surface area contributed by atoms with Gasteiger partial charge in [0.25, 0.3) is 0 Å². The maximum absolute atomic E-state index is 6.24. The van der Waals surface area contributed by atoms with Crippen molar-refractivity contribution in [2.75, 3.05) is 0 Å². The van der Waals surface area contributed by atoms with Crippen LogP contribution in [0.1, 0.15) is 11.3 Å². The number of aromatic nitrogens is 2. The predicted molar refractivity (Wildman–Crippen MR) is 140 cm³/mol. The lowest BCUT2D eigenvalue weighted by atomic mass is 10.1. The Hall–Kier alpha value is -2.89. The number of rotatable bonds is 4. The van der Waals surface area contributed by atoms with Gasteiger partial charge in [-0.1, -0.05) is 111 Å². The second-order valence-corrected chi connectivity index (χ2v) is 9.90. The SMILES string of the molecule is Clc1cccc(-c2nc(C3=CI=C(c4ccccc4)C=C3)cc(-c3ccccc3)n2)c1. The highest BCUT2D eigenvalue weighted by molar-refractivity contribution is 14.2. The van der Waals surface area contributed by atoms with Gasteiger partial charge in [0.1, 0.15) is 0 Å². The van der Waals surface area contributed by atoms with Crippen LogP contribution in [0.15, 0.2) is 107 Å². The Morgan fingerprint density at radius 2 is 1.29 bits per heavy atom. The summed E-state index contributed by atoms with van der Waals surface area (Å²) in [5.74, 6) is 0.684. The highest BCUT2D eigenvalue weighted by Crippen LogP contribution is 2.30. The second kappa shape index (κ2) is 9.08. The number of nitrogens with zero attached hydrogens (tertiary/aromatic N) is 2. The van der Waals surface area contributed by atoms with E-state index in [1.54, 1.807) is 0 Å². The van der Waals surface area contributed by atoms with Gasteiger partial charge < -0.3 is 0 Å². The summed E-state index contributed by atoms with van der Waals surface area (Å²) < 4.78 is 3.76. The number of halogens is 2.